The van der Waals surface area contributed by atoms with Crippen LogP contribution in [-0.4, -0.2) is 11.9 Å². The standard InChI is InChI=1S/C14H20Cl2FN/c1-14(2,3)7-11(15)9-18-8-10-4-5-13(17)12(16)6-10/h4-6,11,18H,7-9H2,1-3H3. The van der Waals surface area contributed by atoms with Crippen molar-refractivity contribution in [3.8, 4) is 0 Å². The Balaban J connectivity index is 2.35. The highest BCUT2D eigenvalue weighted by molar-refractivity contribution is 6.30. The van der Waals surface area contributed by atoms with Gasteiger partial charge in [-0.1, -0.05) is 38.4 Å². The fraction of sp³-hybridized carbons (Fsp3) is 0.571. The summed E-state index contributed by atoms with van der Waals surface area (Å²) in [4.78, 5) is 0. The fourth-order valence-corrected chi connectivity index (χ4v) is 2.53. The third-order valence-corrected chi connectivity index (χ3v) is 3.11. The molecule has 1 aromatic carbocycles. The van der Waals surface area contributed by atoms with Crippen molar-refractivity contribution in [3.63, 3.8) is 0 Å². The Hall–Kier alpha value is -0.310. The third-order valence-electron chi connectivity index (χ3n) is 2.51. The molecule has 4 heteroatoms. The van der Waals surface area contributed by atoms with Crippen molar-refractivity contribution in [3.05, 3.63) is 34.6 Å². The van der Waals surface area contributed by atoms with Crippen LogP contribution >= 0.6 is 23.2 Å². The molecule has 0 saturated heterocycles. The van der Waals surface area contributed by atoms with Crippen LogP contribution in [0.15, 0.2) is 18.2 Å². The van der Waals surface area contributed by atoms with Crippen LogP contribution in [0, 0.1) is 11.2 Å². The van der Waals surface area contributed by atoms with E-state index in [0.717, 1.165) is 18.5 Å². The zero-order valence-electron chi connectivity index (χ0n) is 11.1. The molecule has 0 aliphatic carbocycles. The van der Waals surface area contributed by atoms with Gasteiger partial charge in [0.2, 0.25) is 0 Å². The molecule has 0 bridgehead atoms. The van der Waals surface area contributed by atoms with Gasteiger partial charge in [-0.15, -0.1) is 11.6 Å². The van der Waals surface area contributed by atoms with Crippen LogP contribution in [0.25, 0.3) is 0 Å². The molecule has 0 radical (unpaired) electrons. The van der Waals surface area contributed by atoms with E-state index in [9.17, 15) is 4.39 Å². The molecule has 0 saturated carbocycles. The molecule has 1 nitrogen and oxygen atoms in total. The van der Waals surface area contributed by atoms with Gasteiger partial charge in [0.25, 0.3) is 0 Å². The Morgan fingerprint density at radius 2 is 2.00 bits per heavy atom. The number of hydrogen-bond acceptors (Lipinski definition) is 1. The lowest BCUT2D eigenvalue weighted by Crippen LogP contribution is -2.26. The van der Waals surface area contributed by atoms with Gasteiger partial charge in [-0.25, -0.2) is 4.39 Å². The summed E-state index contributed by atoms with van der Waals surface area (Å²) in [6.07, 6.45) is 0.950. The Morgan fingerprint density at radius 3 is 2.56 bits per heavy atom. The molecule has 102 valence electrons. The Bertz CT molecular complexity index is 388. The van der Waals surface area contributed by atoms with Gasteiger partial charge >= 0.3 is 0 Å². The number of nitrogens with one attached hydrogen (secondary N) is 1. The molecule has 18 heavy (non-hydrogen) atoms. The van der Waals surface area contributed by atoms with Gasteiger partial charge in [0.05, 0.1) is 5.02 Å². The van der Waals surface area contributed by atoms with E-state index in [-0.39, 0.29) is 21.6 Å². The van der Waals surface area contributed by atoms with Gasteiger partial charge in [-0.3, -0.25) is 0 Å². The van der Waals surface area contributed by atoms with E-state index >= 15 is 0 Å². The first-order chi connectivity index (χ1) is 8.28. The number of halogens is 3. The molecule has 0 heterocycles. The normalized spacial score (nSPS) is 13.7. The summed E-state index contributed by atoms with van der Waals surface area (Å²) < 4.78 is 13.0. The molecule has 1 atom stereocenters. The molecular weight excluding hydrogens is 272 g/mol. The highest BCUT2D eigenvalue weighted by Crippen LogP contribution is 2.23. The third kappa shape index (κ3) is 6.03. The monoisotopic (exact) mass is 291 g/mol. The summed E-state index contributed by atoms with van der Waals surface area (Å²) in [5.74, 6) is -0.386. The maximum atomic E-state index is 13.0. The van der Waals surface area contributed by atoms with Crippen molar-refractivity contribution in [1.29, 1.82) is 0 Å². The van der Waals surface area contributed by atoms with Crippen molar-refractivity contribution < 1.29 is 4.39 Å². The minimum absolute atomic E-state index is 0.0981. The predicted octanol–water partition coefficient (Wildman–Crippen LogP) is 4.61. The summed E-state index contributed by atoms with van der Waals surface area (Å²) in [5, 5.41) is 3.51. The Labute approximate surface area is 119 Å². The molecule has 0 amide bonds. The smallest absolute Gasteiger partial charge is 0.141 e. The largest absolute Gasteiger partial charge is 0.311 e. The van der Waals surface area contributed by atoms with E-state index in [4.69, 9.17) is 23.2 Å². The summed E-state index contributed by atoms with van der Waals surface area (Å²) in [6.45, 7) is 7.88. The first-order valence-electron chi connectivity index (χ1n) is 6.06. The van der Waals surface area contributed by atoms with E-state index < -0.39 is 0 Å². The van der Waals surface area contributed by atoms with Crippen LogP contribution < -0.4 is 5.32 Å². The summed E-state index contributed by atoms with van der Waals surface area (Å²) in [6, 6.07) is 4.74. The lowest BCUT2D eigenvalue weighted by Gasteiger charge is -2.22. The fourth-order valence-electron chi connectivity index (χ4n) is 1.76. The first-order valence-corrected chi connectivity index (χ1v) is 6.88. The lowest BCUT2D eigenvalue weighted by molar-refractivity contribution is 0.364. The molecule has 0 fully saturated rings. The van der Waals surface area contributed by atoms with Gasteiger partial charge < -0.3 is 5.32 Å². The van der Waals surface area contributed by atoms with E-state index in [1.807, 2.05) is 0 Å². The van der Waals surface area contributed by atoms with Crippen molar-refractivity contribution in [1.82, 2.24) is 5.32 Å². The van der Waals surface area contributed by atoms with Crippen LogP contribution in [0.4, 0.5) is 4.39 Å². The SMILES string of the molecule is CC(C)(C)CC(Cl)CNCc1ccc(F)c(Cl)c1. The zero-order valence-corrected chi connectivity index (χ0v) is 12.6. The summed E-state index contributed by atoms with van der Waals surface area (Å²) in [7, 11) is 0. The minimum Gasteiger partial charge on any atom is -0.311 e. The maximum Gasteiger partial charge on any atom is 0.141 e. The second-order valence-corrected chi connectivity index (χ2v) is 6.77. The molecular formula is C14H20Cl2FN. The van der Waals surface area contributed by atoms with Crippen molar-refractivity contribution in [2.45, 2.75) is 39.1 Å². The van der Waals surface area contributed by atoms with E-state index in [1.165, 1.54) is 6.07 Å². The Morgan fingerprint density at radius 1 is 1.33 bits per heavy atom. The van der Waals surface area contributed by atoms with Crippen LogP contribution in [0.3, 0.4) is 0 Å². The van der Waals surface area contributed by atoms with E-state index in [2.05, 4.69) is 26.1 Å². The second-order valence-electron chi connectivity index (χ2n) is 5.74. The number of alkyl halides is 1. The van der Waals surface area contributed by atoms with Crippen LogP contribution in [-0.2, 0) is 6.54 Å². The molecule has 0 aromatic heterocycles. The van der Waals surface area contributed by atoms with Crippen molar-refractivity contribution >= 4 is 23.2 Å². The van der Waals surface area contributed by atoms with Gasteiger partial charge in [-0.2, -0.15) is 0 Å². The lowest BCUT2D eigenvalue weighted by atomic mass is 9.90. The maximum absolute atomic E-state index is 13.0. The van der Waals surface area contributed by atoms with Crippen LogP contribution in [0.2, 0.25) is 5.02 Å². The number of rotatable bonds is 5. The first kappa shape index (κ1) is 15.7. The highest BCUT2D eigenvalue weighted by Gasteiger charge is 2.16. The van der Waals surface area contributed by atoms with Gasteiger partial charge in [0.15, 0.2) is 0 Å². The number of benzene rings is 1. The molecule has 0 spiro atoms. The van der Waals surface area contributed by atoms with Gasteiger partial charge in [0, 0.05) is 18.5 Å². The highest BCUT2D eigenvalue weighted by atomic mass is 35.5. The van der Waals surface area contributed by atoms with Crippen molar-refractivity contribution in [2.24, 2.45) is 5.41 Å². The van der Waals surface area contributed by atoms with Crippen LogP contribution in [0.1, 0.15) is 32.8 Å². The average Bonchev–Trinajstić information content (AvgIpc) is 2.20. The van der Waals surface area contributed by atoms with E-state index in [1.54, 1.807) is 12.1 Å². The Kier molecular flexibility index (Phi) is 5.90. The molecule has 1 aromatic rings. The number of hydrogen-bond donors (Lipinski definition) is 1. The van der Waals surface area contributed by atoms with E-state index in [0.29, 0.717) is 6.54 Å². The second kappa shape index (κ2) is 6.74. The molecule has 1 rings (SSSR count). The molecule has 1 unspecified atom stereocenters. The summed E-state index contributed by atoms with van der Waals surface area (Å²) >= 11 is 12.0. The molecule has 0 aliphatic heterocycles. The topological polar surface area (TPSA) is 12.0 Å². The summed E-state index contributed by atoms with van der Waals surface area (Å²) in [5.41, 5.74) is 1.19. The van der Waals surface area contributed by atoms with Crippen molar-refractivity contribution in [2.75, 3.05) is 6.54 Å². The zero-order chi connectivity index (χ0) is 13.8. The average molecular weight is 292 g/mol. The molecule has 0 aliphatic rings. The quantitative estimate of drug-likeness (QED) is 0.781. The minimum atomic E-state index is -0.386. The van der Waals surface area contributed by atoms with Gasteiger partial charge in [0.1, 0.15) is 5.82 Å². The molecule has 1 N–H and O–H groups in total. The predicted molar refractivity (Wildman–Crippen MR) is 76.8 cm³/mol. The van der Waals surface area contributed by atoms with Gasteiger partial charge in [-0.05, 0) is 29.5 Å². The van der Waals surface area contributed by atoms with Crippen LogP contribution in [0.5, 0.6) is 0 Å².